The number of benzene rings is 1. The van der Waals surface area contributed by atoms with Crippen molar-refractivity contribution in [2.24, 2.45) is 0 Å². The Hall–Kier alpha value is -1.76. The standard InChI is InChI=1S/C11H10F3NO3/c1-2-18-6-3-4-8-7(5-6)10(17,9(16)15-8)11(12,13)14/h3-5,17H,2H2,1H3,(H,15,16)/t10-/m1/s1. The zero-order valence-electron chi connectivity index (χ0n) is 9.34. The molecule has 1 atom stereocenters. The van der Waals surface area contributed by atoms with Gasteiger partial charge in [0.05, 0.1) is 6.61 Å². The number of amides is 1. The van der Waals surface area contributed by atoms with Crippen LogP contribution in [0.25, 0.3) is 0 Å². The number of carbonyl (C=O) groups is 1. The van der Waals surface area contributed by atoms with E-state index in [1.165, 1.54) is 12.1 Å². The molecule has 98 valence electrons. The second kappa shape index (κ2) is 3.88. The predicted octanol–water partition coefficient (Wildman–Crippen LogP) is 1.79. The molecular formula is C11H10F3NO3. The van der Waals surface area contributed by atoms with E-state index in [0.29, 0.717) is 0 Å². The van der Waals surface area contributed by atoms with Crippen LogP contribution < -0.4 is 10.1 Å². The Morgan fingerprint density at radius 3 is 2.67 bits per heavy atom. The van der Waals surface area contributed by atoms with E-state index in [2.05, 4.69) is 0 Å². The molecule has 0 fully saturated rings. The maximum absolute atomic E-state index is 12.8. The van der Waals surface area contributed by atoms with Gasteiger partial charge in [-0.2, -0.15) is 13.2 Å². The van der Waals surface area contributed by atoms with Crippen molar-refractivity contribution in [2.45, 2.75) is 18.7 Å². The van der Waals surface area contributed by atoms with Gasteiger partial charge >= 0.3 is 6.18 Å². The van der Waals surface area contributed by atoms with Gasteiger partial charge in [-0.25, -0.2) is 0 Å². The van der Waals surface area contributed by atoms with E-state index < -0.39 is 23.2 Å². The molecule has 0 radical (unpaired) electrons. The van der Waals surface area contributed by atoms with Gasteiger partial charge in [-0.1, -0.05) is 0 Å². The molecule has 0 bridgehead atoms. The van der Waals surface area contributed by atoms with Crippen LogP contribution in [0.2, 0.25) is 0 Å². The van der Waals surface area contributed by atoms with Gasteiger partial charge in [-0.05, 0) is 25.1 Å². The lowest BCUT2D eigenvalue weighted by Crippen LogP contribution is -2.47. The van der Waals surface area contributed by atoms with Crippen molar-refractivity contribution in [3.8, 4) is 5.75 Å². The van der Waals surface area contributed by atoms with Crippen LogP contribution in [-0.2, 0) is 10.4 Å². The first-order valence-corrected chi connectivity index (χ1v) is 5.18. The lowest BCUT2D eigenvalue weighted by atomic mass is 9.94. The summed E-state index contributed by atoms with van der Waals surface area (Å²) >= 11 is 0. The molecule has 2 N–H and O–H groups in total. The number of fused-ring (bicyclic) bond motifs is 1. The highest BCUT2D eigenvalue weighted by Gasteiger charge is 2.64. The van der Waals surface area contributed by atoms with Crippen molar-refractivity contribution in [3.05, 3.63) is 23.8 Å². The van der Waals surface area contributed by atoms with Crippen molar-refractivity contribution in [1.29, 1.82) is 0 Å². The molecule has 7 heteroatoms. The lowest BCUT2D eigenvalue weighted by molar-refractivity contribution is -0.252. The molecule has 0 saturated carbocycles. The first-order valence-electron chi connectivity index (χ1n) is 5.18. The highest BCUT2D eigenvalue weighted by atomic mass is 19.4. The first-order chi connectivity index (χ1) is 8.30. The van der Waals surface area contributed by atoms with Crippen LogP contribution in [0, 0.1) is 0 Å². The SMILES string of the molecule is CCOc1ccc2c(c1)[C@](O)(C(F)(F)F)C(=O)N2. The summed E-state index contributed by atoms with van der Waals surface area (Å²) in [4.78, 5) is 11.3. The van der Waals surface area contributed by atoms with E-state index >= 15 is 0 Å². The van der Waals surface area contributed by atoms with E-state index in [0.717, 1.165) is 6.07 Å². The minimum Gasteiger partial charge on any atom is -0.494 e. The van der Waals surface area contributed by atoms with Gasteiger partial charge in [-0.3, -0.25) is 4.79 Å². The zero-order valence-corrected chi connectivity index (χ0v) is 9.34. The second-order valence-corrected chi connectivity index (χ2v) is 3.80. The van der Waals surface area contributed by atoms with Gasteiger partial charge in [0.1, 0.15) is 5.75 Å². The van der Waals surface area contributed by atoms with Crippen LogP contribution in [0.3, 0.4) is 0 Å². The van der Waals surface area contributed by atoms with Crippen molar-refractivity contribution in [2.75, 3.05) is 11.9 Å². The van der Waals surface area contributed by atoms with Gasteiger partial charge < -0.3 is 15.2 Å². The molecule has 4 nitrogen and oxygen atoms in total. The molecule has 1 aromatic rings. The van der Waals surface area contributed by atoms with E-state index in [-0.39, 0.29) is 18.0 Å². The molecule has 0 aromatic heterocycles. The number of alkyl halides is 3. The van der Waals surface area contributed by atoms with Crippen LogP contribution in [0.1, 0.15) is 12.5 Å². The third kappa shape index (κ3) is 1.62. The van der Waals surface area contributed by atoms with Crippen molar-refractivity contribution >= 4 is 11.6 Å². The van der Waals surface area contributed by atoms with Gasteiger partial charge in [0.2, 0.25) is 0 Å². The summed E-state index contributed by atoms with van der Waals surface area (Å²) < 4.78 is 43.6. The van der Waals surface area contributed by atoms with Crippen LogP contribution >= 0.6 is 0 Å². The molecule has 1 aliphatic heterocycles. The highest BCUT2D eigenvalue weighted by molar-refractivity contribution is 6.05. The average Bonchev–Trinajstić information content (AvgIpc) is 2.53. The molecule has 0 saturated heterocycles. The Kier molecular flexibility index (Phi) is 2.73. The van der Waals surface area contributed by atoms with Crippen molar-refractivity contribution in [3.63, 3.8) is 0 Å². The van der Waals surface area contributed by atoms with Gasteiger partial charge in [0, 0.05) is 11.3 Å². The minimum atomic E-state index is -5.09. The molecule has 0 unspecified atom stereocenters. The van der Waals surface area contributed by atoms with Crippen LogP contribution in [0.5, 0.6) is 5.75 Å². The predicted molar refractivity (Wildman–Crippen MR) is 56.2 cm³/mol. The molecule has 2 rings (SSSR count). The van der Waals surface area contributed by atoms with Crippen LogP contribution in [0.4, 0.5) is 18.9 Å². The lowest BCUT2D eigenvalue weighted by Gasteiger charge is -2.23. The molecule has 1 heterocycles. The summed E-state index contributed by atoms with van der Waals surface area (Å²) in [6, 6.07) is 3.71. The number of anilines is 1. The maximum atomic E-state index is 12.8. The van der Waals surface area contributed by atoms with Crippen molar-refractivity contribution in [1.82, 2.24) is 0 Å². The molecule has 0 aliphatic carbocycles. The van der Waals surface area contributed by atoms with Crippen LogP contribution in [-0.4, -0.2) is 23.8 Å². The van der Waals surface area contributed by atoms with Gasteiger partial charge in [-0.15, -0.1) is 0 Å². The molecule has 1 aromatic carbocycles. The fourth-order valence-electron chi connectivity index (χ4n) is 1.80. The number of aliphatic hydroxyl groups is 1. The van der Waals surface area contributed by atoms with Gasteiger partial charge in [0.15, 0.2) is 0 Å². The Morgan fingerprint density at radius 1 is 1.44 bits per heavy atom. The Balaban J connectivity index is 2.56. The fraction of sp³-hybridized carbons (Fsp3) is 0.364. The second-order valence-electron chi connectivity index (χ2n) is 3.80. The summed E-state index contributed by atoms with van der Waals surface area (Å²) in [7, 11) is 0. The largest absolute Gasteiger partial charge is 0.494 e. The Bertz CT molecular complexity index is 501. The summed E-state index contributed by atoms with van der Waals surface area (Å²) in [5, 5.41) is 11.6. The number of hydrogen-bond acceptors (Lipinski definition) is 3. The zero-order chi connectivity index (χ0) is 13.6. The minimum absolute atomic E-state index is 0.0664. The number of halogens is 3. The Labute approximate surface area is 100 Å². The molecule has 18 heavy (non-hydrogen) atoms. The quantitative estimate of drug-likeness (QED) is 0.853. The van der Waals surface area contributed by atoms with E-state index in [9.17, 15) is 23.1 Å². The third-order valence-electron chi connectivity index (χ3n) is 2.68. The van der Waals surface area contributed by atoms with E-state index in [4.69, 9.17) is 4.74 Å². The summed E-state index contributed by atoms with van der Waals surface area (Å²) in [6.45, 7) is 1.94. The topological polar surface area (TPSA) is 58.6 Å². The number of carbonyl (C=O) groups excluding carboxylic acids is 1. The molecule has 0 spiro atoms. The summed E-state index contributed by atoms with van der Waals surface area (Å²) in [6.07, 6.45) is -5.09. The molecule has 1 amide bonds. The molecular weight excluding hydrogens is 251 g/mol. The van der Waals surface area contributed by atoms with Crippen LogP contribution in [0.15, 0.2) is 18.2 Å². The van der Waals surface area contributed by atoms with Gasteiger partial charge in [0.25, 0.3) is 11.5 Å². The maximum Gasteiger partial charge on any atom is 0.430 e. The first kappa shape index (κ1) is 12.7. The molecule has 1 aliphatic rings. The van der Waals surface area contributed by atoms with E-state index in [1.54, 1.807) is 6.92 Å². The number of rotatable bonds is 2. The fourth-order valence-corrected chi connectivity index (χ4v) is 1.80. The normalized spacial score (nSPS) is 22.6. The average molecular weight is 261 g/mol. The highest BCUT2D eigenvalue weighted by Crippen LogP contribution is 2.47. The monoisotopic (exact) mass is 261 g/mol. The summed E-state index contributed by atoms with van der Waals surface area (Å²) in [5.41, 5.74) is -4.12. The smallest absolute Gasteiger partial charge is 0.430 e. The number of ether oxygens (including phenoxy) is 1. The third-order valence-corrected chi connectivity index (χ3v) is 2.68. The number of nitrogens with one attached hydrogen (secondary N) is 1. The number of hydrogen-bond donors (Lipinski definition) is 2. The van der Waals surface area contributed by atoms with E-state index in [1.807, 2.05) is 5.32 Å². The van der Waals surface area contributed by atoms with Crippen molar-refractivity contribution < 1.29 is 27.8 Å². The Morgan fingerprint density at radius 2 is 2.11 bits per heavy atom. The summed E-state index contributed by atoms with van der Waals surface area (Å²) in [5.74, 6) is -1.34.